The Balaban J connectivity index is 1.56. The van der Waals surface area contributed by atoms with Crippen LogP contribution in [-0.2, 0) is 24.2 Å². The van der Waals surface area contributed by atoms with Crippen LogP contribution in [0.5, 0.6) is 0 Å². The molecular formula is C20H24BrFN4O5S2. The fourth-order valence-corrected chi connectivity index (χ4v) is 7.01. The van der Waals surface area contributed by atoms with Crippen LogP contribution < -0.4 is 10.6 Å². The van der Waals surface area contributed by atoms with Crippen LogP contribution in [-0.4, -0.2) is 81.3 Å². The first-order valence-corrected chi connectivity index (χ1v) is 13.9. The fourth-order valence-electron chi connectivity index (χ4n) is 3.45. The van der Waals surface area contributed by atoms with Crippen molar-refractivity contribution in [3.05, 3.63) is 27.4 Å². The first kappa shape index (κ1) is 24.5. The van der Waals surface area contributed by atoms with Crippen molar-refractivity contribution in [3.63, 3.8) is 0 Å². The van der Waals surface area contributed by atoms with Gasteiger partial charge in [0.05, 0.1) is 40.2 Å². The number of nitrogens with one attached hydrogen (secondary N) is 2. The van der Waals surface area contributed by atoms with Gasteiger partial charge in [-0.1, -0.05) is 0 Å². The number of thiazole rings is 1. The summed E-state index contributed by atoms with van der Waals surface area (Å²) in [4.78, 5) is 31.3. The molecule has 1 saturated heterocycles. The maximum absolute atomic E-state index is 14.0. The average molecular weight is 563 g/mol. The maximum Gasteiger partial charge on any atom is 0.245 e. The van der Waals surface area contributed by atoms with Gasteiger partial charge in [0.25, 0.3) is 0 Å². The lowest BCUT2D eigenvalue weighted by molar-refractivity contribution is -0.126. The van der Waals surface area contributed by atoms with E-state index in [0.29, 0.717) is 31.0 Å². The van der Waals surface area contributed by atoms with Gasteiger partial charge in [-0.25, -0.2) is 17.8 Å². The van der Waals surface area contributed by atoms with Crippen LogP contribution in [0.4, 0.5) is 4.39 Å². The minimum Gasteiger partial charge on any atom is -0.379 e. The number of hydrogen-bond acceptors (Lipinski definition) is 8. The number of ether oxygens (including phenoxy) is 1. The molecule has 1 aromatic heterocycles. The average Bonchev–Trinajstić information content (AvgIpc) is 3.50. The number of halogens is 2. The molecular weight excluding hydrogens is 539 g/mol. The number of sulfone groups is 1. The summed E-state index contributed by atoms with van der Waals surface area (Å²) < 4.78 is 46.7. The molecule has 0 spiro atoms. The van der Waals surface area contributed by atoms with Crippen LogP contribution >= 0.6 is 27.3 Å². The third kappa shape index (κ3) is 6.27. The lowest BCUT2D eigenvalue weighted by Crippen LogP contribution is -2.43. The normalized spacial score (nSPS) is 18.2. The second-order valence-electron chi connectivity index (χ2n) is 8.05. The zero-order valence-electron chi connectivity index (χ0n) is 17.7. The minimum absolute atomic E-state index is 0.0459. The highest BCUT2D eigenvalue weighted by Gasteiger charge is 2.37. The number of morpholine rings is 1. The number of carbonyl (C=O) groups is 2. The van der Waals surface area contributed by atoms with E-state index in [9.17, 15) is 22.4 Å². The van der Waals surface area contributed by atoms with Crippen molar-refractivity contribution in [3.8, 4) is 0 Å². The Kier molecular flexibility index (Phi) is 7.63. The summed E-state index contributed by atoms with van der Waals surface area (Å²) in [7, 11) is -3.98. The Morgan fingerprint density at radius 3 is 2.73 bits per heavy atom. The van der Waals surface area contributed by atoms with E-state index < -0.39 is 26.8 Å². The largest absolute Gasteiger partial charge is 0.379 e. The number of carbonyl (C=O) groups excluding carboxylic acids is 2. The van der Waals surface area contributed by atoms with E-state index >= 15 is 0 Å². The van der Waals surface area contributed by atoms with Gasteiger partial charge >= 0.3 is 0 Å². The number of benzene rings is 1. The minimum atomic E-state index is -3.98. The predicted molar refractivity (Wildman–Crippen MR) is 125 cm³/mol. The highest BCUT2D eigenvalue weighted by molar-refractivity contribution is 9.10. The van der Waals surface area contributed by atoms with Crippen molar-refractivity contribution < 1.29 is 27.1 Å². The van der Waals surface area contributed by atoms with Gasteiger partial charge in [-0.05, 0) is 34.8 Å². The van der Waals surface area contributed by atoms with Crippen LogP contribution in [0, 0.1) is 5.82 Å². The molecule has 2 amide bonds. The van der Waals surface area contributed by atoms with E-state index in [0.717, 1.165) is 24.2 Å². The molecule has 1 aliphatic carbocycles. The van der Waals surface area contributed by atoms with E-state index in [2.05, 4.69) is 31.5 Å². The summed E-state index contributed by atoms with van der Waals surface area (Å²) >= 11 is 4.13. The van der Waals surface area contributed by atoms with Crippen molar-refractivity contribution in [2.24, 2.45) is 0 Å². The van der Waals surface area contributed by atoms with Crippen molar-refractivity contribution in [1.82, 2.24) is 20.5 Å². The molecule has 1 unspecified atom stereocenters. The molecule has 1 aromatic carbocycles. The summed E-state index contributed by atoms with van der Waals surface area (Å²) in [5, 5.41) is 3.65. The van der Waals surface area contributed by atoms with Crippen LogP contribution in [0.1, 0.15) is 23.1 Å². The molecule has 180 valence electrons. The van der Waals surface area contributed by atoms with Crippen molar-refractivity contribution >= 4 is 59.1 Å². The highest BCUT2D eigenvalue weighted by Crippen LogP contribution is 2.34. The zero-order valence-corrected chi connectivity index (χ0v) is 20.9. The van der Waals surface area contributed by atoms with Crippen LogP contribution in [0.3, 0.4) is 0 Å². The summed E-state index contributed by atoms with van der Waals surface area (Å²) in [5.41, 5.74) is 0.267. The Morgan fingerprint density at radius 2 is 2.03 bits per heavy atom. The summed E-state index contributed by atoms with van der Waals surface area (Å²) in [6.45, 7) is 2.21. The SMILES string of the molecule is O=C(CNC(=O)C(c1nc2cc(F)c(Br)cc2s1)S(=O)(=O)CCN1CCOCC1)NC1CC1. The van der Waals surface area contributed by atoms with Gasteiger partial charge in [-0.2, -0.15) is 0 Å². The molecule has 4 rings (SSSR count). The van der Waals surface area contributed by atoms with E-state index in [1.165, 1.54) is 12.1 Å². The summed E-state index contributed by atoms with van der Waals surface area (Å²) in [6, 6.07) is 2.82. The first-order chi connectivity index (χ1) is 15.7. The van der Waals surface area contributed by atoms with Gasteiger partial charge in [-0.3, -0.25) is 14.5 Å². The topological polar surface area (TPSA) is 118 Å². The Labute approximate surface area is 203 Å². The molecule has 0 radical (unpaired) electrons. The predicted octanol–water partition coefficient (Wildman–Crippen LogP) is 1.38. The Hall–Kier alpha value is -1.67. The summed E-state index contributed by atoms with van der Waals surface area (Å²) in [6.07, 6.45) is 1.80. The number of rotatable bonds is 9. The molecule has 2 N–H and O–H groups in total. The molecule has 1 atom stereocenters. The molecule has 2 fully saturated rings. The van der Waals surface area contributed by atoms with Crippen molar-refractivity contribution in [2.75, 3.05) is 45.1 Å². The van der Waals surface area contributed by atoms with E-state index in [4.69, 9.17) is 4.74 Å². The smallest absolute Gasteiger partial charge is 0.245 e. The van der Waals surface area contributed by atoms with E-state index in [1.807, 2.05) is 4.90 Å². The molecule has 9 nitrogen and oxygen atoms in total. The molecule has 13 heteroatoms. The van der Waals surface area contributed by atoms with Crippen LogP contribution in [0.25, 0.3) is 10.2 Å². The van der Waals surface area contributed by atoms with Crippen molar-refractivity contribution in [1.29, 1.82) is 0 Å². The number of nitrogens with zero attached hydrogens (tertiary/aromatic N) is 2. The van der Waals surface area contributed by atoms with Crippen LogP contribution in [0.15, 0.2) is 16.6 Å². The van der Waals surface area contributed by atoms with Gasteiger partial charge in [0.15, 0.2) is 15.1 Å². The molecule has 1 saturated carbocycles. The quantitative estimate of drug-likeness (QED) is 0.474. The lowest BCUT2D eigenvalue weighted by Gasteiger charge is -2.27. The number of hydrogen-bond donors (Lipinski definition) is 2. The highest BCUT2D eigenvalue weighted by atomic mass is 79.9. The van der Waals surface area contributed by atoms with Crippen molar-refractivity contribution in [2.45, 2.75) is 24.1 Å². The van der Waals surface area contributed by atoms with Gasteiger partial charge in [0.1, 0.15) is 10.8 Å². The molecule has 0 bridgehead atoms. The van der Waals surface area contributed by atoms with E-state index in [-0.39, 0.29) is 45.8 Å². The molecule has 33 heavy (non-hydrogen) atoms. The summed E-state index contributed by atoms with van der Waals surface area (Å²) in [5.74, 6) is -1.98. The Morgan fingerprint density at radius 1 is 1.30 bits per heavy atom. The van der Waals surface area contributed by atoms with Gasteiger partial charge in [0.2, 0.25) is 11.8 Å². The second-order valence-corrected chi connectivity index (χ2v) is 12.2. The van der Waals surface area contributed by atoms with Gasteiger partial charge in [0, 0.05) is 31.7 Å². The van der Waals surface area contributed by atoms with Crippen LogP contribution in [0.2, 0.25) is 0 Å². The number of aromatic nitrogens is 1. The maximum atomic E-state index is 14.0. The zero-order chi connectivity index (χ0) is 23.6. The standard InChI is InChI=1S/C20H24BrFN4O5S2/c21-13-9-16-15(10-14(13)22)25-20(32-16)18(19(28)23-11-17(27)24-12-1-2-12)33(29,30)8-5-26-3-6-31-7-4-26/h9-10,12,18H,1-8,11H2,(H,23,28)(H,24,27). The third-order valence-electron chi connectivity index (χ3n) is 5.43. The first-order valence-electron chi connectivity index (χ1n) is 10.6. The second kappa shape index (κ2) is 10.3. The lowest BCUT2D eigenvalue weighted by atomic mass is 10.3. The monoisotopic (exact) mass is 562 g/mol. The third-order valence-corrected chi connectivity index (χ3v) is 9.18. The molecule has 1 aliphatic heterocycles. The molecule has 2 aromatic rings. The van der Waals surface area contributed by atoms with Gasteiger partial charge in [-0.15, -0.1) is 11.3 Å². The fraction of sp³-hybridized carbons (Fsp3) is 0.550. The van der Waals surface area contributed by atoms with Gasteiger partial charge < -0.3 is 15.4 Å². The molecule has 2 heterocycles. The number of amides is 2. The van der Waals surface area contributed by atoms with E-state index in [1.54, 1.807) is 0 Å². The molecule has 2 aliphatic rings. The Bertz CT molecular complexity index is 1110. The number of fused-ring (bicyclic) bond motifs is 1.